The predicted octanol–water partition coefficient (Wildman–Crippen LogP) is 1.15. The Kier molecular flexibility index (Phi) is 1.87. The number of fused-ring (bicyclic) bond motifs is 1. The second kappa shape index (κ2) is 3.14. The number of hydrogen-bond donors (Lipinski definition) is 0. The molecule has 3 rings (SSSR count). The average Bonchev–Trinajstić information content (AvgIpc) is 3.05. The van der Waals surface area contributed by atoms with Gasteiger partial charge in [-0.05, 0) is 25.5 Å². The minimum Gasteiger partial charge on any atom is -0.274 e. The zero-order valence-corrected chi connectivity index (χ0v) is 8.96. The number of imide groups is 1. The van der Waals surface area contributed by atoms with Gasteiger partial charge in [-0.1, -0.05) is 6.07 Å². The number of piperidine rings is 1. The molecule has 1 aromatic rings. The fourth-order valence-corrected chi connectivity index (χ4v) is 2.34. The standard InChI is InChI=1S/C12H12N2O2/c1-7(10-4-2-3-5-13-10)14-11(15)8-6-9(8)12(14)16/h2-5,7-9H,6H2,1H3/t7-,8-,9+/m1/s1. The summed E-state index contributed by atoms with van der Waals surface area (Å²) < 4.78 is 0. The van der Waals surface area contributed by atoms with Gasteiger partial charge in [-0.3, -0.25) is 19.5 Å². The molecular weight excluding hydrogens is 204 g/mol. The van der Waals surface area contributed by atoms with E-state index in [1.165, 1.54) is 4.90 Å². The second-order valence-corrected chi connectivity index (χ2v) is 4.43. The minimum absolute atomic E-state index is 0.0202. The van der Waals surface area contributed by atoms with E-state index in [1.54, 1.807) is 6.20 Å². The molecule has 0 aromatic carbocycles. The van der Waals surface area contributed by atoms with Crippen LogP contribution in [-0.2, 0) is 9.59 Å². The number of carbonyl (C=O) groups is 2. The van der Waals surface area contributed by atoms with Crippen molar-refractivity contribution in [1.29, 1.82) is 0 Å². The Bertz CT molecular complexity index is 437. The number of nitrogens with zero attached hydrogens (tertiary/aromatic N) is 2. The topological polar surface area (TPSA) is 50.3 Å². The predicted molar refractivity (Wildman–Crippen MR) is 56.1 cm³/mol. The van der Waals surface area contributed by atoms with Crippen LogP contribution < -0.4 is 0 Å². The highest BCUT2D eigenvalue weighted by molar-refractivity contribution is 6.09. The summed E-state index contributed by atoms with van der Waals surface area (Å²) in [5.41, 5.74) is 0.769. The average molecular weight is 216 g/mol. The van der Waals surface area contributed by atoms with Gasteiger partial charge in [-0.2, -0.15) is 0 Å². The van der Waals surface area contributed by atoms with Crippen molar-refractivity contribution in [2.75, 3.05) is 0 Å². The lowest BCUT2D eigenvalue weighted by Crippen LogP contribution is -2.35. The van der Waals surface area contributed by atoms with Crippen LogP contribution in [0.4, 0.5) is 0 Å². The molecule has 1 aliphatic heterocycles. The van der Waals surface area contributed by atoms with Gasteiger partial charge in [-0.15, -0.1) is 0 Å². The van der Waals surface area contributed by atoms with Gasteiger partial charge >= 0.3 is 0 Å². The molecule has 1 saturated carbocycles. The molecule has 1 saturated heterocycles. The lowest BCUT2D eigenvalue weighted by Gasteiger charge is -2.23. The van der Waals surface area contributed by atoms with Crippen molar-refractivity contribution in [2.45, 2.75) is 19.4 Å². The fourth-order valence-electron chi connectivity index (χ4n) is 2.34. The maximum Gasteiger partial charge on any atom is 0.233 e. The van der Waals surface area contributed by atoms with Crippen molar-refractivity contribution in [3.05, 3.63) is 30.1 Å². The van der Waals surface area contributed by atoms with E-state index in [0.29, 0.717) is 0 Å². The Morgan fingerprint density at radius 1 is 1.31 bits per heavy atom. The first-order valence-corrected chi connectivity index (χ1v) is 5.48. The van der Waals surface area contributed by atoms with Crippen molar-refractivity contribution < 1.29 is 9.59 Å². The fraction of sp³-hybridized carbons (Fsp3) is 0.417. The van der Waals surface area contributed by atoms with E-state index >= 15 is 0 Å². The summed E-state index contributed by atoms with van der Waals surface area (Å²) in [6, 6.07) is 5.29. The number of pyridine rings is 1. The third-order valence-corrected chi connectivity index (χ3v) is 3.40. The first-order valence-electron chi connectivity index (χ1n) is 5.48. The van der Waals surface area contributed by atoms with Gasteiger partial charge in [0.25, 0.3) is 0 Å². The number of likely N-dealkylation sites (tertiary alicyclic amines) is 1. The summed E-state index contributed by atoms with van der Waals surface area (Å²) in [5, 5.41) is 0. The molecule has 4 heteroatoms. The Morgan fingerprint density at radius 2 is 2.00 bits per heavy atom. The zero-order chi connectivity index (χ0) is 11.3. The molecule has 0 spiro atoms. The van der Waals surface area contributed by atoms with Crippen molar-refractivity contribution in [3.63, 3.8) is 0 Å². The number of aromatic nitrogens is 1. The SMILES string of the molecule is C[C@H](c1ccccn1)N1C(=O)[C@H]2C[C@H]2C1=O. The second-order valence-electron chi connectivity index (χ2n) is 4.43. The molecule has 0 radical (unpaired) electrons. The summed E-state index contributed by atoms with van der Waals surface area (Å²) >= 11 is 0. The van der Waals surface area contributed by atoms with Crippen molar-refractivity contribution in [2.24, 2.45) is 11.8 Å². The largest absolute Gasteiger partial charge is 0.274 e. The minimum atomic E-state index is -0.242. The van der Waals surface area contributed by atoms with Crippen LogP contribution in [-0.4, -0.2) is 21.7 Å². The summed E-state index contributed by atoms with van der Waals surface area (Å²) in [6.07, 6.45) is 2.43. The van der Waals surface area contributed by atoms with Gasteiger partial charge in [0.1, 0.15) is 0 Å². The highest BCUT2D eigenvalue weighted by Crippen LogP contribution is 2.49. The lowest BCUT2D eigenvalue weighted by atomic mass is 10.2. The zero-order valence-electron chi connectivity index (χ0n) is 8.96. The van der Waals surface area contributed by atoms with E-state index in [2.05, 4.69) is 4.98 Å². The van der Waals surface area contributed by atoms with Gasteiger partial charge in [0.05, 0.1) is 23.6 Å². The molecule has 4 nitrogen and oxygen atoms in total. The third kappa shape index (κ3) is 1.19. The van der Waals surface area contributed by atoms with Crippen molar-refractivity contribution in [1.82, 2.24) is 9.88 Å². The Labute approximate surface area is 93.3 Å². The van der Waals surface area contributed by atoms with Crippen LogP contribution in [0.25, 0.3) is 0 Å². The van der Waals surface area contributed by atoms with Crippen LogP contribution in [0.15, 0.2) is 24.4 Å². The van der Waals surface area contributed by atoms with E-state index in [4.69, 9.17) is 0 Å². The van der Waals surface area contributed by atoms with Crippen LogP contribution in [0.3, 0.4) is 0 Å². The summed E-state index contributed by atoms with van der Waals surface area (Å²) in [5.74, 6) is -0.0985. The van der Waals surface area contributed by atoms with E-state index < -0.39 is 0 Å². The number of amides is 2. The number of hydrogen-bond acceptors (Lipinski definition) is 3. The van der Waals surface area contributed by atoms with E-state index in [9.17, 15) is 9.59 Å². The lowest BCUT2D eigenvalue weighted by molar-refractivity contribution is -0.143. The quantitative estimate of drug-likeness (QED) is 0.697. The smallest absolute Gasteiger partial charge is 0.233 e. The number of carbonyl (C=O) groups excluding carboxylic acids is 2. The molecule has 0 bridgehead atoms. The molecule has 1 aromatic heterocycles. The maximum atomic E-state index is 11.8. The van der Waals surface area contributed by atoms with Gasteiger partial charge in [-0.25, -0.2) is 0 Å². The first kappa shape index (κ1) is 9.51. The summed E-state index contributed by atoms with van der Waals surface area (Å²) in [7, 11) is 0. The van der Waals surface area contributed by atoms with Gasteiger partial charge < -0.3 is 0 Å². The molecule has 2 aliphatic rings. The van der Waals surface area contributed by atoms with E-state index in [1.807, 2.05) is 25.1 Å². The summed E-state index contributed by atoms with van der Waals surface area (Å²) in [4.78, 5) is 29.3. The van der Waals surface area contributed by atoms with Crippen LogP contribution >= 0.6 is 0 Å². The van der Waals surface area contributed by atoms with Gasteiger partial charge in [0.2, 0.25) is 11.8 Å². The molecule has 2 fully saturated rings. The maximum absolute atomic E-state index is 11.8. The molecular formula is C12H12N2O2. The highest BCUT2D eigenvalue weighted by Gasteiger charge is 2.59. The van der Waals surface area contributed by atoms with Crippen molar-refractivity contribution >= 4 is 11.8 Å². The molecule has 2 heterocycles. The van der Waals surface area contributed by atoms with Gasteiger partial charge in [0.15, 0.2) is 0 Å². The van der Waals surface area contributed by atoms with E-state index in [-0.39, 0.29) is 29.7 Å². The molecule has 3 atom stereocenters. The normalized spacial score (nSPS) is 29.2. The van der Waals surface area contributed by atoms with Gasteiger partial charge in [0, 0.05) is 6.20 Å². The van der Waals surface area contributed by atoms with Crippen molar-refractivity contribution in [3.8, 4) is 0 Å². The van der Waals surface area contributed by atoms with Crippen LogP contribution in [0.5, 0.6) is 0 Å². The number of rotatable bonds is 2. The highest BCUT2D eigenvalue weighted by atomic mass is 16.2. The molecule has 82 valence electrons. The Balaban J connectivity index is 1.89. The summed E-state index contributed by atoms with van der Waals surface area (Å²) in [6.45, 7) is 1.85. The van der Waals surface area contributed by atoms with E-state index in [0.717, 1.165) is 12.1 Å². The molecule has 2 amide bonds. The van der Waals surface area contributed by atoms with Crippen LogP contribution in [0.2, 0.25) is 0 Å². The monoisotopic (exact) mass is 216 g/mol. The van der Waals surface area contributed by atoms with Crippen LogP contribution in [0, 0.1) is 11.8 Å². The molecule has 16 heavy (non-hydrogen) atoms. The van der Waals surface area contributed by atoms with Crippen LogP contribution in [0.1, 0.15) is 25.1 Å². The third-order valence-electron chi connectivity index (χ3n) is 3.40. The Morgan fingerprint density at radius 3 is 2.56 bits per heavy atom. The first-order chi connectivity index (χ1) is 7.70. The molecule has 0 N–H and O–H groups in total. The Hall–Kier alpha value is -1.71. The molecule has 1 aliphatic carbocycles. The molecule has 0 unspecified atom stereocenters.